The highest BCUT2D eigenvalue weighted by Crippen LogP contribution is 2.47. The number of hydrogen-bond acceptors (Lipinski definition) is 2. The second-order valence-electron chi connectivity index (χ2n) is 4.00. The lowest BCUT2D eigenvalue weighted by Crippen LogP contribution is -2.35. The van der Waals surface area contributed by atoms with Crippen molar-refractivity contribution in [3.05, 3.63) is 29.8 Å². The number of benzene rings is 1. The van der Waals surface area contributed by atoms with Crippen molar-refractivity contribution in [2.24, 2.45) is 11.1 Å². The molecule has 1 aromatic rings. The van der Waals surface area contributed by atoms with E-state index < -0.39 is 28.6 Å². The molecule has 0 aromatic heterocycles. The Hall–Kier alpha value is -1.56. The molecule has 0 aliphatic heterocycles. The number of carbonyl (C=O) groups is 1. The SMILES string of the molecule is NC(=S)C1(C(=O)Nc2c(F)cccc2F)CC1. The van der Waals surface area contributed by atoms with Crippen LogP contribution in [0.25, 0.3) is 0 Å². The molecule has 1 fully saturated rings. The molecule has 0 bridgehead atoms. The Morgan fingerprint density at radius 1 is 1.35 bits per heavy atom. The summed E-state index contributed by atoms with van der Waals surface area (Å²) in [4.78, 5) is 11.9. The van der Waals surface area contributed by atoms with E-state index in [-0.39, 0.29) is 4.99 Å². The molecule has 3 nitrogen and oxygen atoms in total. The van der Waals surface area contributed by atoms with Crippen LogP contribution in [-0.2, 0) is 4.79 Å². The number of rotatable bonds is 3. The van der Waals surface area contributed by atoms with Crippen molar-refractivity contribution in [2.75, 3.05) is 5.32 Å². The summed E-state index contributed by atoms with van der Waals surface area (Å²) in [7, 11) is 0. The van der Waals surface area contributed by atoms with E-state index in [1.165, 1.54) is 6.07 Å². The summed E-state index contributed by atoms with van der Waals surface area (Å²) < 4.78 is 26.6. The van der Waals surface area contributed by atoms with Crippen molar-refractivity contribution in [3.63, 3.8) is 0 Å². The molecule has 1 amide bonds. The minimum Gasteiger partial charge on any atom is -0.392 e. The molecular formula is C11H10F2N2OS. The van der Waals surface area contributed by atoms with Gasteiger partial charge in [0, 0.05) is 0 Å². The molecule has 1 aliphatic rings. The van der Waals surface area contributed by atoms with Crippen molar-refractivity contribution in [2.45, 2.75) is 12.8 Å². The maximum Gasteiger partial charge on any atom is 0.237 e. The number of amides is 1. The van der Waals surface area contributed by atoms with Crippen LogP contribution < -0.4 is 11.1 Å². The van der Waals surface area contributed by atoms with Gasteiger partial charge in [-0.05, 0) is 25.0 Å². The molecular weight excluding hydrogens is 246 g/mol. The molecule has 3 N–H and O–H groups in total. The third-order valence-electron chi connectivity index (χ3n) is 2.86. The molecule has 0 unspecified atom stereocenters. The van der Waals surface area contributed by atoms with Crippen molar-refractivity contribution in [3.8, 4) is 0 Å². The van der Waals surface area contributed by atoms with Crippen molar-refractivity contribution in [1.29, 1.82) is 0 Å². The van der Waals surface area contributed by atoms with Crippen LogP contribution in [0.15, 0.2) is 18.2 Å². The molecule has 17 heavy (non-hydrogen) atoms. The highest BCUT2D eigenvalue weighted by Gasteiger charge is 2.53. The van der Waals surface area contributed by atoms with Gasteiger partial charge in [-0.15, -0.1) is 0 Å². The van der Waals surface area contributed by atoms with Gasteiger partial charge in [0.25, 0.3) is 0 Å². The van der Waals surface area contributed by atoms with Crippen LogP contribution in [0.5, 0.6) is 0 Å². The molecule has 0 heterocycles. The third-order valence-corrected chi connectivity index (χ3v) is 3.25. The first-order chi connectivity index (χ1) is 7.97. The lowest BCUT2D eigenvalue weighted by molar-refractivity contribution is -0.119. The van der Waals surface area contributed by atoms with Crippen LogP contribution >= 0.6 is 12.2 Å². The number of thiocarbonyl (C=S) groups is 1. The van der Waals surface area contributed by atoms with Gasteiger partial charge in [-0.1, -0.05) is 18.3 Å². The van der Waals surface area contributed by atoms with Crippen LogP contribution in [0.3, 0.4) is 0 Å². The topological polar surface area (TPSA) is 55.1 Å². The molecule has 0 atom stereocenters. The van der Waals surface area contributed by atoms with Gasteiger partial charge in [-0.25, -0.2) is 8.78 Å². The van der Waals surface area contributed by atoms with E-state index >= 15 is 0 Å². The first-order valence-corrected chi connectivity index (χ1v) is 5.43. The number of para-hydroxylation sites is 1. The van der Waals surface area contributed by atoms with Gasteiger partial charge in [0.2, 0.25) is 5.91 Å². The van der Waals surface area contributed by atoms with E-state index in [9.17, 15) is 13.6 Å². The number of hydrogen-bond donors (Lipinski definition) is 2. The van der Waals surface area contributed by atoms with E-state index in [1.807, 2.05) is 0 Å². The maximum absolute atomic E-state index is 13.3. The Bertz CT molecular complexity index is 480. The predicted molar refractivity (Wildman–Crippen MR) is 63.4 cm³/mol. The Balaban J connectivity index is 2.23. The van der Waals surface area contributed by atoms with Gasteiger partial charge in [-0.3, -0.25) is 4.79 Å². The molecule has 90 valence electrons. The van der Waals surface area contributed by atoms with Crippen LogP contribution in [0.4, 0.5) is 14.5 Å². The molecule has 0 radical (unpaired) electrons. The highest BCUT2D eigenvalue weighted by molar-refractivity contribution is 7.80. The minimum atomic E-state index is -0.927. The van der Waals surface area contributed by atoms with E-state index in [4.69, 9.17) is 18.0 Å². The summed E-state index contributed by atoms with van der Waals surface area (Å²) in [5.74, 6) is -2.19. The number of nitrogens with two attached hydrogens (primary N) is 1. The second kappa shape index (κ2) is 4.03. The zero-order valence-corrected chi connectivity index (χ0v) is 9.61. The average molecular weight is 256 g/mol. The summed E-state index contributed by atoms with van der Waals surface area (Å²) in [6.45, 7) is 0. The molecule has 1 aromatic carbocycles. The lowest BCUT2D eigenvalue weighted by Gasteiger charge is -2.14. The first kappa shape index (κ1) is 11.9. The smallest absolute Gasteiger partial charge is 0.237 e. The summed E-state index contributed by atoms with van der Waals surface area (Å²) >= 11 is 4.78. The second-order valence-corrected chi connectivity index (χ2v) is 4.44. The van der Waals surface area contributed by atoms with E-state index in [1.54, 1.807) is 0 Å². The molecule has 2 rings (SSSR count). The fourth-order valence-corrected chi connectivity index (χ4v) is 1.86. The molecule has 1 saturated carbocycles. The monoisotopic (exact) mass is 256 g/mol. The fourth-order valence-electron chi connectivity index (χ4n) is 1.56. The first-order valence-electron chi connectivity index (χ1n) is 5.03. The van der Waals surface area contributed by atoms with Gasteiger partial charge in [0.1, 0.15) is 17.3 Å². The predicted octanol–water partition coefficient (Wildman–Crippen LogP) is 1.97. The lowest BCUT2D eigenvalue weighted by atomic mass is 10.1. The van der Waals surface area contributed by atoms with Gasteiger partial charge in [-0.2, -0.15) is 0 Å². The Labute approximate surface area is 102 Å². The molecule has 0 spiro atoms. The zero-order valence-electron chi connectivity index (χ0n) is 8.80. The van der Waals surface area contributed by atoms with Crippen LogP contribution in [0, 0.1) is 17.0 Å². The van der Waals surface area contributed by atoms with Crippen LogP contribution in [0.2, 0.25) is 0 Å². The number of halogens is 2. The van der Waals surface area contributed by atoms with E-state index in [0.717, 1.165) is 12.1 Å². The standard InChI is InChI=1S/C11H10F2N2OS/c12-6-2-1-3-7(13)8(6)15-10(16)11(4-5-11)9(14)17/h1-3H,4-5H2,(H2,14,17)(H,15,16). The van der Waals surface area contributed by atoms with Crippen LogP contribution in [-0.4, -0.2) is 10.9 Å². The van der Waals surface area contributed by atoms with Crippen molar-refractivity contribution < 1.29 is 13.6 Å². The highest BCUT2D eigenvalue weighted by atomic mass is 32.1. The Morgan fingerprint density at radius 2 is 1.88 bits per heavy atom. The number of carbonyl (C=O) groups excluding carboxylic acids is 1. The minimum absolute atomic E-state index is 0.0618. The van der Waals surface area contributed by atoms with Gasteiger partial charge < -0.3 is 11.1 Å². The summed E-state index contributed by atoms with van der Waals surface area (Å²) in [6, 6.07) is 3.36. The Kier molecular flexibility index (Phi) is 2.82. The summed E-state index contributed by atoms with van der Waals surface area (Å²) in [5, 5.41) is 2.21. The number of anilines is 1. The molecule has 6 heteroatoms. The quantitative estimate of drug-likeness (QED) is 0.813. The van der Waals surface area contributed by atoms with Gasteiger partial charge in [0.05, 0.1) is 10.4 Å². The van der Waals surface area contributed by atoms with E-state index in [2.05, 4.69) is 5.32 Å². The number of nitrogens with one attached hydrogen (secondary N) is 1. The van der Waals surface area contributed by atoms with E-state index in [0.29, 0.717) is 12.8 Å². The molecule has 0 saturated heterocycles. The largest absolute Gasteiger partial charge is 0.392 e. The van der Waals surface area contributed by atoms with Crippen LogP contribution in [0.1, 0.15) is 12.8 Å². The third kappa shape index (κ3) is 2.00. The van der Waals surface area contributed by atoms with Crippen molar-refractivity contribution >= 4 is 28.8 Å². The zero-order chi connectivity index (χ0) is 12.6. The van der Waals surface area contributed by atoms with Gasteiger partial charge >= 0.3 is 0 Å². The van der Waals surface area contributed by atoms with Gasteiger partial charge in [0.15, 0.2) is 0 Å². The fraction of sp³-hybridized carbons (Fsp3) is 0.273. The van der Waals surface area contributed by atoms with Crippen molar-refractivity contribution in [1.82, 2.24) is 0 Å². The maximum atomic E-state index is 13.3. The Morgan fingerprint density at radius 3 is 2.29 bits per heavy atom. The summed E-state index contributed by atoms with van der Waals surface area (Å²) in [6.07, 6.45) is 1.04. The average Bonchev–Trinajstić information content (AvgIpc) is 3.04. The normalized spacial score (nSPS) is 16.4. The summed E-state index contributed by atoms with van der Waals surface area (Å²) in [5.41, 5.74) is 4.06. The molecule has 1 aliphatic carbocycles.